The predicted molar refractivity (Wildman–Crippen MR) is 76.5 cm³/mol. The number of unbranched alkanes of at least 4 members (excludes halogenated alkanes) is 1. The molecule has 0 fully saturated rings. The molecular weight excluding hydrogens is 241 g/mol. The monoisotopic (exact) mass is 263 g/mol. The molecule has 104 valence electrons. The average molecular weight is 263 g/mol. The van der Waals surface area contributed by atoms with Crippen molar-refractivity contribution in [1.82, 2.24) is 5.32 Å². The molecule has 0 saturated heterocycles. The molecule has 2 nitrogen and oxygen atoms in total. The first-order valence-corrected chi connectivity index (χ1v) is 6.69. The van der Waals surface area contributed by atoms with E-state index in [0.717, 1.165) is 18.5 Å². The molecule has 0 bridgehead atoms. The van der Waals surface area contributed by atoms with Crippen LogP contribution in [0.1, 0.15) is 32.3 Å². The predicted octanol–water partition coefficient (Wildman–Crippen LogP) is 3.36. The van der Waals surface area contributed by atoms with Crippen LogP contribution in [0, 0.1) is 24.1 Å². The number of benzene rings is 1. The standard InChI is InChI=1S/C16H22FNO/c1-4-5-6-9-19-16-8-7-14(10-15(16)17)12-18-11-13(2)3/h1,7-8,10,13,18H,5-6,9,11-12H2,2-3H3. The van der Waals surface area contributed by atoms with E-state index in [9.17, 15) is 4.39 Å². The summed E-state index contributed by atoms with van der Waals surface area (Å²) in [5.74, 6) is 3.10. The van der Waals surface area contributed by atoms with Crippen LogP contribution in [-0.4, -0.2) is 13.2 Å². The van der Waals surface area contributed by atoms with Crippen molar-refractivity contribution in [3.63, 3.8) is 0 Å². The summed E-state index contributed by atoms with van der Waals surface area (Å²) in [6.07, 6.45) is 6.53. The van der Waals surface area contributed by atoms with Crippen LogP contribution < -0.4 is 10.1 Å². The fraction of sp³-hybridized carbons (Fsp3) is 0.500. The highest BCUT2D eigenvalue weighted by molar-refractivity contribution is 5.29. The van der Waals surface area contributed by atoms with Gasteiger partial charge in [0.25, 0.3) is 0 Å². The van der Waals surface area contributed by atoms with Gasteiger partial charge in [0.1, 0.15) is 0 Å². The Labute approximate surface area is 115 Å². The first-order chi connectivity index (χ1) is 9.13. The van der Waals surface area contributed by atoms with Gasteiger partial charge in [-0.25, -0.2) is 4.39 Å². The molecule has 0 saturated carbocycles. The summed E-state index contributed by atoms with van der Waals surface area (Å²) in [6.45, 7) is 6.33. The van der Waals surface area contributed by atoms with Crippen LogP contribution in [0.25, 0.3) is 0 Å². The highest BCUT2D eigenvalue weighted by Gasteiger charge is 2.04. The summed E-state index contributed by atoms with van der Waals surface area (Å²) < 4.78 is 19.1. The number of hydrogen-bond donors (Lipinski definition) is 1. The third-order valence-electron chi connectivity index (χ3n) is 2.60. The molecule has 1 aromatic carbocycles. The maximum absolute atomic E-state index is 13.8. The van der Waals surface area contributed by atoms with Crippen LogP contribution in [0.15, 0.2) is 18.2 Å². The highest BCUT2D eigenvalue weighted by atomic mass is 19.1. The van der Waals surface area contributed by atoms with Gasteiger partial charge in [0.15, 0.2) is 11.6 Å². The Morgan fingerprint density at radius 2 is 2.21 bits per heavy atom. The van der Waals surface area contributed by atoms with Gasteiger partial charge in [-0.15, -0.1) is 12.3 Å². The molecule has 0 amide bonds. The maximum atomic E-state index is 13.8. The Balaban J connectivity index is 2.43. The van der Waals surface area contributed by atoms with E-state index in [4.69, 9.17) is 11.2 Å². The molecule has 19 heavy (non-hydrogen) atoms. The Kier molecular flexibility index (Phi) is 6.99. The second-order valence-electron chi connectivity index (χ2n) is 4.95. The lowest BCUT2D eigenvalue weighted by atomic mass is 10.2. The van der Waals surface area contributed by atoms with Crippen LogP contribution in [0.4, 0.5) is 4.39 Å². The van der Waals surface area contributed by atoms with E-state index < -0.39 is 0 Å². The molecule has 0 unspecified atom stereocenters. The smallest absolute Gasteiger partial charge is 0.165 e. The lowest BCUT2D eigenvalue weighted by molar-refractivity contribution is 0.297. The van der Waals surface area contributed by atoms with Gasteiger partial charge >= 0.3 is 0 Å². The maximum Gasteiger partial charge on any atom is 0.165 e. The zero-order valence-electron chi connectivity index (χ0n) is 11.7. The van der Waals surface area contributed by atoms with Crippen molar-refractivity contribution in [2.75, 3.05) is 13.2 Å². The van der Waals surface area contributed by atoms with Crippen molar-refractivity contribution in [3.8, 4) is 18.1 Å². The number of ether oxygens (including phenoxy) is 1. The molecule has 3 heteroatoms. The van der Waals surface area contributed by atoms with E-state index in [2.05, 4.69) is 25.1 Å². The first kappa shape index (κ1) is 15.5. The molecule has 0 aliphatic rings. The van der Waals surface area contributed by atoms with Gasteiger partial charge in [-0.05, 0) is 36.6 Å². The third kappa shape index (κ3) is 6.26. The Morgan fingerprint density at radius 1 is 1.42 bits per heavy atom. The Bertz CT molecular complexity index is 423. The SMILES string of the molecule is C#CCCCOc1ccc(CNCC(C)C)cc1F. The minimum absolute atomic E-state index is 0.296. The molecule has 1 rings (SSSR count). The Morgan fingerprint density at radius 3 is 2.84 bits per heavy atom. The summed E-state index contributed by atoms with van der Waals surface area (Å²) in [5.41, 5.74) is 0.925. The molecular formula is C16H22FNO. The third-order valence-corrected chi connectivity index (χ3v) is 2.60. The van der Waals surface area contributed by atoms with Crippen LogP contribution in [-0.2, 0) is 6.54 Å². The molecule has 0 aromatic heterocycles. The van der Waals surface area contributed by atoms with Crippen LogP contribution in [0.3, 0.4) is 0 Å². The van der Waals surface area contributed by atoms with Crippen LogP contribution >= 0.6 is 0 Å². The highest BCUT2D eigenvalue weighted by Crippen LogP contribution is 2.18. The van der Waals surface area contributed by atoms with Gasteiger partial charge in [0.05, 0.1) is 6.61 Å². The quantitative estimate of drug-likeness (QED) is 0.573. The fourth-order valence-corrected chi connectivity index (χ4v) is 1.63. The van der Waals surface area contributed by atoms with Gasteiger partial charge in [-0.3, -0.25) is 0 Å². The lowest BCUT2D eigenvalue weighted by Crippen LogP contribution is -2.19. The molecule has 0 spiro atoms. The topological polar surface area (TPSA) is 21.3 Å². The van der Waals surface area contributed by atoms with Crippen molar-refractivity contribution in [1.29, 1.82) is 0 Å². The molecule has 0 aliphatic carbocycles. The first-order valence-electron chi connectivity index (χ1n) is 6.69. The second kappa shape index (κ2) is 8.55. The summed E-state index contributed by atoms with van der Waals surface area (Å²) in [7, 11) is 0. The summed E-state index contributed by atoms with van der Waals surface area (Å²) in [5, 5.41) is 3.28. The number of terminal acetylenes is 1. The number of hydrogen-bond acceptors (Lipinski definition) is 2. The number of halogens is 1. The van der Waals surface area contributed by atoms with E-state index in [1.54, 1.807) is 6.07 Å². The zero-order chi connectivity index (χ0) is 14.1. The van der Waals surface area contributed by atoms with E-state index in [0.29, 0.717) is 31.2 Å². The number of nitrogens with one attached hydrogen (secondary N) is 1. The minimum Gasteiger partial charge on any atom is -0.490 e. The fourth-order valence-electron chi connectivity index (χ4n) is 1.63. The van der Waals surface area contributed by atoms with E-state index in [1.807, 2.05) is 6.07 Å². The molecule has 0 heterocycles. The number of rotatable bonds is 8. The zero-order valence-corrected chi connectivity index (χ0v) is 11.7. The van der Waals surface area contributed by atoms with Crippen molar-refractivity contribution < 1.29 is 9.13 Å². The van der Waals surface area contributed by atoms with Crippen molar-refractivity contribution in [3.05, 3.63) is 29.6 Å². The van der Waals surface area contributed by atoms with Gasteiger partial charge in [0.2, 0.25) is 0 Å². The van der Waals surface area contributed by atoms with Gasteiger partial charge in [-0.2, -0.15) is 0 Å². The van der Waals surface area contributed by atoms with E-state index in [1.165, 1.54) is 6.07 Å². The van der Waals surface area contributed by atoms with Crippen molar-refractivity contribution in [2.45, 2.75) is 33.2 Å². The lowest BCUT2D eigenvalue weighted by Gasteiger charge is -2.10. The average Bonchev–Trinajstić information content (AvgIpc) is 2.36. The Hall–Kier alpha value is -1.53. The van der Waals surface area contributed by atoms with E-state index >= 15 is 0 Å². The second-order valence-corrected chi connectivity index (χ2v) is 4.95. The molecule has 1 N–H and O–H groups in total. The van der Waals surface area contributed by atoms with Crippen molar-refractivity contribution >= 4 is 0 Å². The summed E-state index contributed by atoms with van der Waals surface area (Å²) >= 11 is 0. The molecule has 1 aromatic rings. The van der Waals surface area contributed by atoms with Gasteiger partial charge < -0.3 is 10.1 Å². The molecule has 0 atom stereocenters. The normalized spacial score (nSPS) is 10.5. The van der Waals surface area contributed by atoms with Crippen LogP contribution in [0.2, 0.25) is 0 Å². The van der Waals surface area contributed by atoms with Crippen LogP contribution in [0.5, 0.6) is 5.75 Å². The minimum atomic E-state index is -0.315. The van der Waals surface area contributed by atoms with Gasteiger partial charge in [0, 0.05) is 13.0 Å². The summed E-state index contributed by atoms with van der Waals surface area (Å²) in [6, 6.07) is 5.08. The summed E-state index contributed by atoms with van der Waals surface area (Å²) in [4.78, 5) is 0. The van der Waals surface area contributed by atoms with Crippen molar-refractivity contribution in [2.24, 2.45) is 5.92 Å². The largest absolute Gasteiger partial charge is 0.490 e. The molecule has 0 aliphatic heterocycles. The molecule has 0 radical (unpaired) electrons. The van der Waals surface area contributed by atoms with E-state index in [-0.39, 0.29) is 5.82 Å². The van der Waals surface area contributed by atoms with Gasteiger partial charge in [-0.1, -0.05) is 19.9 Å².